The molecule has 0 radical (unpaired) electrons. The van der Waals surface area contributed by atoms with Crippen molar-refractivity contribution in [2.45, 2.75) is 38.5 Å². The summed E-state index contributed by atoms with van der Waals surface area (Å²) in [6, 6.07) is 10.2. The van der Waals surface area contributed by atoms with Crippen LogP contribution >= 0.6 is 0 Å². The Morgan fingerprint density at radius 3 is 2.89 bits per heavy atom. The minimum atomic E-state index is 0.162. The molecule has 1 unspecified atom stereocenters. The highest BCUT2D eigenvalue weighted by molar-refractivity contribution is 5.13. The lowest BCUT2D eigenvalue weighted by atomic mass is 10.0. The van der Waals surface area contributed by atoms with E-state index in [9.17, 15) is 0 Å². The van der Waals surface area contributed by atoms with Crippen LogP contribution in [0.5, 0.6) is 0 Å². The fraction of sp³-hybridized carbons (Fsp3) is 0.600. The van der Waals surface area contributed by atoms with Crippen molar-refractivity contribution in [2.24, 2.45) is 0 Å². The van der Waals surface area contributed by atoms with Crippen LogP contribution in [0.15, 0.2) is 30.3 Å². The molecule has 1 heterocycles. The quantitative estimate of drug-likeness (QED) is 0.888. The third-order valence-corrected chi connectivity index (χ3v) is 3.30. The molecule has 0 aliphatic carbocycles. The predicted molar refractivity (Wildman–Crippen MR) is 72.5 cm³/mol. The first kappa shape index (κ1) is 13.5. The van der Waals surface area contributed by atoms with Gasteiger partial charge < -0.3 is 14.8 Å². The molecule has 3 heteroatoms. The molecule has 1 aromatic rings. The Morgan fingerprint density at radius 1 is 1.33 bits per heavy atom. The predicted octanol–water partition coefficient (Wildman–Crippen LogP) is 2.36. The second-order valence-electron chi connectivity index (χ2n) is 5.51. The van der Waals surface area contributed by atoms with E-state index < -0.39 is 0 Å². The Morgan fingerprint density at radius 2 is 2.11 bits per heavy atom. The van der Waals surface area contributed by atoms with Gasteiger partial charge in [0.25, 0.3) is 0 Å². The first-order chi connectivity index (χ1) is 8.66. The first-order valence-electron chi connectivity index (χ1n) is 6.64. The van der Waals surface area contributed by atoms with Crippen LogP contribution in [0.2, 0.25) is 0 Å². The van der Waals surface area contributed by atoms with E-state index >= 15 is 0 Å². The molecule has 3 nitrogen and oxygen atoms in total. The third-order valence-electron chi connectivity index (χ3n) is 3.30. The van der Waals surface area contributed by atoms with Gasteiger partial charge in [0.1, 0.15) is 0 Å². The molecule has 1 fully saturated rings. The second kappa shape index (κ2) is 6.32. The zero-order chi connectivity index (χ0) is 12.8. The van der Waals surface area contributed by atoms with E-state index in [0.29, 0.717) is 13.2 Å². The van der Waals surface area contributed by atoms with E-state index in [1.165, 1.54) is 5.56 Å². The molecule has 1 aromatic carbocycles. The molecule has 1 N–H and O–H groups in total. The average molecular weight is 249 g/mol. The number of hydrogen-bond acceptors (Lipinski definition) is 3. The summed E-state index contributed by atoms with van der Waals surface area (Å²) in [5.74, 6) is 0. The van der Waals surface area contributed by atoms with Crippen LogP contribution in [-0.2, 0) is 16.1 Å². The Hall–Kier alpha value is -0.900. The van der Waals surface area contributed by atoms with E-state index in [-0.39, 0.29) is 11.6 Å². The fourth-order valence-electron chi connectivity index (χ4n) is 2.01. The van der Waals surface area contributed by atoms with Crippen LogP contribution in [0, 0.1) is 0 Å². The van der Waals surface area contributed by atoms with Crippen molar-refractivity contribution in [1.29, 1.82) is 0 Å². The molecule has 0 aromatic heterocycles. The minimum Gasteiger partial charge on any atom is -0.374 e. The molecular weight excluding hydrogens is 226 g/mol. The highest BCUT2D eigenvalue weighted by atomic mass is 16.5. The Bertz CT molecular complexity index is 351. The number of hydrogen-bond donors (Lipinski definition) is 1. The molecule has 0 saturated carbocycles. The van der Waals surface area contributed by atoms with Gasteiger partial charge in [0, 0.05) is 18.7 Å². The summed E-state index contributed by atoms with van der Waals surface area (Å²) in [4.78, 5) is 0. The molecule has 18 heavy (non-hydrogen) atoms. The van der Waals surface area contributed by atoms with Gasteiger partial charge in [-0.05, 0) is 25.8 Å². The summed E-state index contributed by atoms with van der Waals surface area (Å²) in [6.45, 7) is 7.40. The van der Waals surface area contributed by atoms with Crippen molar-refractivity contribution < 1.29 is 9.47 Å². The summed E-state index contributed by atoms with van der Waals surface area (Å²) in [5.41, 5.74) is 1.38. The molecule has 2 rings (SSSR count). The largest absolute Gasteiger partial charge is 0.374 e. The standard InChI is InChI=1S/C15H23NO2/c1-15(2)8-9-18-14(10-16-15)12-17-11-13-6-4-3-5-7-13/h3-7,14,16H,8-12H2,1-2H3. The zero-order valence-corrected chi connectivity index (χ0v) is 11.3. The van der Waals surface area contributed by atoms with Gasteiger partial charge in [0.15, 0.2) is 0 Å². The Labute approximate surface area is 109 Å². The van der Waals surface area contributed by atoms with Crippen LogP contribution in [0.1, 0.15) is 25.8 Å². The maximum absolute atomic E-state index is 5.79. The number of rotatable bonds is 4. The van der Waals surface area contributed by atoms with Crippen molar-refractivity contribution in [1.82, 2.24) is 5.32 Å². The van der Waals surface area contributed by atoms with Crippen LogP contribution < -0.4 is 5.32 Å². The zero-order valence-electron chi connectivity index (χ0n) is 11.3. The molecule has 0 spiro atoms. The summed E-state index contributed by atoms with van der Waals surface area (Å²) >= 11 is 0. The van der Waals surface area contributed by atoms with Gasteiger partial charge in [-0.3, -0.25) is 0 Å². The average Bonchev–Trinajstić information content (AvgIpc) is 2.52. The van der Waals surface area contributed by atoms with Crippen molar-refractivity contribution in [3.8, 4) is 0 Å². The number of ether oxygens (including phenoxy) is 2. The van der Waals surface area contributed by atoms with Gasteiger partial charge >= 0.3 is 0 Å². The topological polar surface area (TPSA) is 30.5 Å². The maximum atomic E-state index is 5.79. The number of benzene rings is 1. The molecule has 1 aliphatic rings. The van der Waals surface area contributed by atoms with Gasteiger partial charge in [-0.15, -0.1) is 0 Å². The highest BCUT2D eigenvalue weighted by Gasteiger charge is 2.23. The van der Waals surface area contributed by atoms with Crippen molar-refractivity contribution in [2.75, 3.05) is 19.8 Å². The van der Waals surface area contributed by atoms with Crippen LogP contribution in [-0.4, -0.2) is 31.4 Å². The van der Waals surface area contributed by atoms with E-state index in [1.807, 2.05) is 18.2 Å². The van der Waals surface area contributed by atoms with Crippen molar-refractivity contribution in [3.05, 3.63) is 35.9 Å². The number of nitrogens with one attached hydrogen (secondary N) is 1. The smallest absolute Gasteiger partial charge is 0.0932 e. The second-order valence-corrected chi connectivity index (χ2v) is 5.51. The van der Waals surface area contributed by atoms with Crippen LogP contribution in [0.3, 0.4) is 0 Å². The SMILES string of the molecule is CC1(C)CCOC(COCc2ccccc2)CN1. The molecule has 1 atom stereocenters. The molecule has 1 saturated heterocycles. The minimum absolute atomic E-state index is 0.162. The highest BCUT2D eigenvalue weighted by Crippen LogP contribution is 2.13. The summed E-state index contributed by atoms with van der Waals surface area (Å²) in [6.07, 6.45) is 1.21. The van der Waals surface area contributed by atoms with Crippen LogP contribution in [0.4, 0.5) is 0 Å². The van der Waals surface area contributed by atoms with Gasteiger partial charge in [-0.25, -0.2) is 0 Å². The summed E-state index contributed by atoms with van der Waals surface area (Å²) in [7, 11) is 0. The molecule has 100 valence electrons. The summed E-state index contributed by atoms with van der Waals surface area (Å²) < 4.78 is 11.5. The fourth-order valence-corrected chi connectivity index (χ4v) is 2.01. The first-order valence-corrected chi connectivity index (χ1v) is 6.64. The van der Waals surface area contributed by atoms with E-state index in [1.54, 1.807) is 0 Å². The van der Waals surface area contributed by atoms with Gasteiger partial charge in [-0.2, -0.15) is 0 Å². The third kappa shape index (κ3) is 4.41. The summed E-state index contributed by atoms with van der Waals surface area (Å²) in [5, 5.41) is 3.51. The van der Waals surface area contributed by atoms with Crippen molar-refractivity contribution >= 4 is 0 Å². The molecule has 1 aliphatic heterocycles. The van der Waals surface area contributed by atoms with Crippen molar-refractivity contribution in [3.63, 3.8) is 0 Å². The normalized spacial score (nSPS) is 23.6. The Balaban J connectivity index is 1.71. The monoisotopic (exact) mass is 249 g/mol. The van der Waals surface area contributed by atoms with Crippen LogP contribution in [0.25, 0.3) is 0 Å². The maximum Gasteiger partial charge on any atom is 0.0932 e. The lowest BCUT2D eigenvalue weighted by Gasteiger charge is -2.23. The van der Waals surface area contributed by atoms with E-state index in [0.717, 1.165) is 19.6 Å². The molecule has 0 amide bonds. The van der Waals surface area contributed by atoms with Gasteiger partial charge in [0.2, 0.25) is 0 Å². The molecular formula is C15H23NO2. The van der Waals surface area contributed by atoms with E-state index in [4.69, 9.17) is 9.47 Å². The van der Waals surface area contributed by atoms with Gasteiger partial charge in [0.05, 0.1) is 19.3 Å². The van der Waals surface area contributed by atoms with Gasteiger partial charge in [-0.1, -0.05) is 30.3 Å². The van der Waals surface area contributed by atoms with E-state index in [2.05, 4.69) is 31.3 Å². The Kier molecular flexibility index (Phi) is 4.75. The molecule has 0 bridgehead atoms. The lowest BCUT2D eigenvalue weighted by molar-refractivity contribution is -0.0129. The lowest BCUT2D eigenvalue weighted by Crippen LogP contribution is -2.41.